The van der Waals surface area contributed by atoms with Crippen molar-refractivity contribution in [3.63, 3.8) is 0 Å². The second-order valence-electron chi connectivity index (χ2n) is 1.88. The van der Waals surface area contributed by atoms with Gasteiger partial charge in [-0.05, 0) is 13.0 Å². The van der Waals surface area contributed by atoms with Gasteiger partial charge in [-0.1, -0.05) is 6.07 Å². The number of rotatable bonds is 2. The first kappa shape index (κ1) is 7.02. The van der Waals surface area contributed by atoms with E-state index in [4.69, 9.17) is 10.5 Å². The Morgan fingerprint density at radius 2 is 2.40 bits per heavy atom. The highest BCUT2D eigenvalue weighted by molar-refractivity contribution is 5.10. The van der Waals surface area contributed by atoms with Crippen LogP contribution in [0.3, 0.4) is 0 Å². The van der Waals surface area contributed by atoms with Gasteiger partial charge in [-0.2, -0.15) is 0 Å². The van der Waals surface area contributed by atoms with Crippen LogP contribution in [0.25, 0.3) is 0 Å². The standard InChI is InChI=1S/C7H9N2O/c1-6(8)10-7-4-2-3-5-9-7/h2-5H,8H2,1H3. The highest BCUT2D eigenvalue weighted by Gasteiger charge is 1.96. The summed E-state index contributed by atoms with van der Waals surface area (Å²) in [7, 11) is 0. The smallest absolute Gasteiger partial charge is 0.215 e. The van der Waals surface area contributed by atoms with Gasteiger partial charge in [-0.15, -0.1) is 0 Å². The molecular formula is C7H9N2O. The van der Waals surface area contributed by atoms with E-state index in [2.05, 4.69) is 4.98 Å². The Kier molecular flexibility index (Phi) is 2.23. The molecule has 0 bridgehead atoms. The highest BCUT2D eigenvalue weighted by atomic mass is 16.5. The molecule has 3 nitrogen and oxygen atoms in total. The molecule has 1 radical (unpaired) electrons. The topological polar surface area (TPSA) is 48.1 Å². The summed E-state index contributed by atoms with van der Waals surface area (Å²) in [4.78, 5) is 3.90. The van der Waals surface area contributed by atoms with Crippen LogP contribution in [0, 0.1) is 6.23 Å². The minimum atomic E-state index is 0.402. The minimum Gasteiger partial charge on any atom is -0.451 e. The summed E-state index contributed by atoms with van der Waals surface area (Å²) in [5.74, 6) is 0.530. The lowest BCUT2D eigenvalue weighted by Crippen LogP contribution is -2.12. The van der Waals surface area contributed by atoms with Crippen molar-refractivity contribution >= 4 is 0 Å². The second kappa shape index (κ2) is 3.17. The van der Waals surface area contributed by atoms with Gasteiger partial charge >= 0.3 is 0 Å². The van der Waals surface area contributed by atoms with Gasteiger partial charge in [0.1, 0.15) is 0 Å². The molecule has 3 heteroatoms. The van der Waals surface area contributed by atoms with Crippen molar-refractivity contribution in [2.45, 2.75) is 6.92 Å². The zero-order chi connectivity index (χ0) is 7.40. The van der Waals surface area contributed by atoms with Crippen LogP contribution in [0.2, 0.25) is 0 Å². The van der Waals surface area contributed by atoms with E-state index >= 15 is 0 Å². The van der Waals surface area contributed by atoms with Crippen LogP contribution in [0.4, 0.5) is 0 Å². The maximum atomic E-state index is 5.28. The molecule has 1 aromatic heterocycles. The maximum absolute atomic E-state index is 5.28. The van der Waals surface area contributed by atoms with Crippen LogP contribution >= 0.6 is 0 Å². The lowest BCUT2D eigenvalue weighted by Gasteiger charge is -2.04. The van der Waals surface area contributed by atoms with E-state index in [-0.39, 0.29) is 0 Å². The van der Waals surface area contributed by atoms with Crippen LogP contribution in [0.5, 0.6) is 5.88 Å². The van der Waals surface area contributed by atoms with Gasteiger partial charge in [0.2, 0.25) is 12.1 Å². The maximum Gasteiger partial charge on any atom is 0.215 e. The van der Waals surface area contributed by atoms with E-state index in [0.717, 1.165) is 0 Å². The summed E-state index contributed by atoms with van der Waals surface area (Å²) in [6.45, 7) is 1.68. The average Bonchev–Trinajstić information content (AvgIpc) is 1.88. The molecule has 0 aromatic carbocycles. The van der Waals surface area contributed by atoms with Crippen molar-refractivity contribution in [3.05, 3.63) is 30.6 Å². The van der Waals surface area contributed by atoms with Gasteiger partial charge in [-0.3, -0.25) is 5.73 Å². The zero-order valence-corrected chi connectivity index (χ0v) is 5.74. The van der Waals surface area contributed by atoms with Crippen molar-refractivity contribution in [2.75, 3.05) is 0 Å². The summed E-state index contributed by atoms with van der Waals surface area (Å²) < 4.78 is 5.00. The van der Waals surface area contributed by atoms with Gasteiger partial charge in [0.25, 0.3) is 0 Å². The third-order valence-electron chi connectivity index (χ3n) is 0.903. The molecule has 10 heavy (non-hydrogen) atoms. The number of aromatic nitrogens is 1. The fourth-order valence-electron chi connectivity index (χ4n) is 0.572. The molecule has 0 atom stereocenters. The Bertz CT molecular complexity index is 186. The van der Waals surface area contributed by atoms with Crippen LogP contribution in [-0.4, -0.2) is 4.98 Å². The Labute approximate surface area is 59.8 Å². The van der Waals surface area contributed by atoms with E-state index in [1.807, 2.05) is 12.1 Å². The third kappa shape index (κ3) is 2.03. The predicted molar refractivity (Wildman–Crippen MR) is 38.0 cm³/mol. The Balaban J connectivity index is 2.59. The Morgan fingerprint density at radius 3 is 2.90 bits per heavy atom. The summed E-state index contributed by atoms with van der Waals surface area (Å²) in [6.07, 6.45) is 2.05. The molecule has 0 aliphatic rings. The quantitative estimate of drug-likeness (QED) is 0.659. The number of nitrogens with two attached hydrogens (primary N) is 1. The summed E-state index contributed by atoms with van der Waals surface area (Å²) in [5, 5.41) is 0. The van der Waals surface area contributed by atoms with Gasteiger partial charge in [-0.25, -0.2) is 4.98 Å². The first-order valence-corrected chi connectivity index (χ1v) is 2.97. The molecule has 1 heterocycles. The zero-order valence-electron chi connectivity index (χ0n) is 5.74. The van der Waals surface area contributed by atoms with Crippen molar-refractivity contribution in [3.8, 4) is 5.88 Å². The first-order valence-electron chi connectivity index (χ1n) is 2.97. The molecule has 0 unspecified atom stereocenters. The highest BCUT2D eigenvalue weighted by Crippen LogP contribution is 2.05. The molecule has 1 rings (SSSR count). The number of ether oxygens (including phenoxy) is 1. The van der Waals surface area contributed by atoms with E-state index in [1.165, 1.54) is 0 Å². The van der Waals surface area contributed by atoms with E-state index in [0.29, 0.717) is 12.1 Å². The van der Waals surface area contributed by atoms with E-state index < -0.39 is 0 Å². The molecule has 0 aliphatic heterocycles. The number of nitrogens with zero attached hydrogens (tertiary/aromatic N) is 1. The molecule has 0 saturated carbocycles. The molecule has 1 aromatic rings. The van der Waals surface area contributed by atoms with Crippen LogP contribution in [-0.2, 0) is 0 Å². The molecule has 0 spiro atoms. The fourth-order valence-corrected chi connectivity index (χ4v) is 0.572. The molecule has 0 amide bonds. The van der Waals surface area contributed by atoms with Crippen LogP contribution in [0.15, 0.2) is 24.4 Å². The monoisotopic (exact) mass is 137 g/mol. The summed E-state index contributed by atoms with van der Waals surface area (Å²) in [5.41, 5.74) is 5.28. The molecule has 0 saturated heterocycles. The van der Waals surface area contributed by atoms with Crippen molar-refractivity contribution in [1.29, 1.82) is 0 Å². The molecule has 2 N–H and O–H groups in total. The molecule has 0 aliphatic carbocycles. The normalized spacial score (nSPS) is 9.90. The molecule has 53 valence electrons. The third-order valence-corrected chi connectivity index (χ3v) is 0.903. The van der Waals surface area contributed by atoms with Crippen LogP contribution in [0.1, 0.15) is 6.92 Å². The number of hydrogen-bond donors (Lipinski definition) is 1. The summed E-state index contributed by atoms with van der Waals surface area (Å²) >= 11 is 0. The predicted octanol–water partition coefficient (Wildman–Crippen LogP) is 0.928. The Morgan fingerprint density at radius 1 is 1.60 bits per heavy atom. The first-order chi connectivity index (χ1) is 4.79. The van der Waals surface area contributed by atoms with Crippen molar-refractivity contribution in [1.82, 2.24) is 4.98 Å². The van der Waals surface area contributed by atoms with E-state index in [9.17, 15) is 0 Å². The molecular weight excluding hydrogens is 128 g/mol. The van der Waals surface area contributed by atoms with Gasteiger partial charge in [0.05, 0.1) is 0 Å². The molecule has 0 fully saturated rings. The van der Waals surface area contributed by atoms with E-state index in [1.54, 1.807) is 19.2 Å². The Hall–Kier alpha value is -1.09. The van der Waals surface area contributed by atoms with Crippen molar-refractivity contribution < 1.29 is 4.74 Å². The van der Waals surface area contributed by atoms with Gasteiger partial charge < -0.3 is 4.74 Å². The second-order valence-corrected chi connectivity index (χ2v) is 1.88. The number of hydrogen-bond acceptors (Lipinski definition) is 3. The van der Waals surface area contributed by atoms with Crippen LogP contribution < -0.4 is 10.5 Å². The average molecular weight is 137 g/mol. The largest absolute Gasteiger partial charge is 0.451 e. The lowest BCUT2D eigenvalue weighted by molar-refractivity contribution is 0.323. The van der Waals surface area contributed by atoms with Gasteiger partial charge in [0, 0.05) is 12.3 Å². The number of pyridine rings is 1. The van der Waals surface area contributed by atoms with Gasteiger partial charge in [0.15, 0.2) is 0 Å². The SMILES string of the molecule is C[C](N)Oc1ccccn1. The van der Waals surface area contributed by atoms with Crippen molar-refractivity contribution in [2.24, 2.45) is 5.73 Å². The lowest BCUT2D eigenvalue weighted by atomic mass is 10.5. The fraction of sp³-hybridized carbons (Fsp3) is 0.143. The minimum absolute atomic E-state index is 0.402. The summed E-state index contributed by atoms with van der Waals surface area (Å²) in [6, 6.07) is 5.40.